The summed E-state index contributed by atoms with van der Waals surface area (Å²) in [6.07, 6.45) is 3.48. The van der Waals surface area contributed by atoms with E-state index in [2.05, 4.69) is 9.97 Å². The highest BCUT2D eigenvalue weighted by atomic mass is 16.3. The van der Waals surface area contributed by atoms with Crippen molar-refractivity contribution in [3.05, 3.63) is 36.3 Å². The Morgan fingerprint density at radius 3 is 3.00 bits per heavy atom. The van der Waals surface area contributed by atoms with Gasteiger partial charge in [-0.15, -0.1) is 0 Å². The molecule has 14 heavy (non-hydrogen) atoms. The molecule has 0 atom stereocenters. The van der Waals surface area contributed by atoms with Crippen LogP contribution < -0.4 is 0 Å². The molecule has 3 rings (SSSR count). The smallest absolute Gasteiger partial charge is 0.227 e. The Kier molecular flexibility index (Phi) is 1.36. The van der Waals surface area contributed by atoms with Gasteiger partial charge in [-0.1, -0.05) is 0 Å². The van der Waals surface area contributed by atoms with E-state index in [9.17, 15) is 0 Å². The molecule has 0 unspecified atom stereocenters. The first-order valence-electron chi connectivity index (χ1n) is 4.44. The molecule has 0 aliphatic rings. The van der Waals surface area contributed by atoms with Crippen LogP contribution >= 0.6 is 0 Å². The molecular formula is C11H8N2O. The third kappa shape index (κ3) is 0.923. The average molecular weight is 184 g/mol. The fourth-order valence-electron chi connectivity index (χ4n) is 1.60. The van der Waals surface area contributed by atoms with E-state index in [1.807, 2.05) is 25.1 Å². The van der Waals surface area contributed by atoms with Crippen LogP contribution in [-0.4, -0.2) is 9.97 Å². The van der Waals surface area contributed by atoms with Gasteiger partial charge in [-0.25, -0.2) is 4.98 Å². The summed E-state index contributed by atoms with van der Waals surface area (Å²) in [5, 5.41) is 2.12. The summed E-state index contributed by atoms with van der Waals surface area (Å²) in [4.78, 5) is 8.33. The molecule has 0 saturated carbocycles. The zero-order valence-corrected chi connectivity index (χ0v) is 7.69. The van der Waals surface area contributed by atoms with E-state index in [-0.39, 0.29) is 0 Å². The molecule has 0 spiro atoms. The van der Waals surface area contributed by atoms with Crippen LogP contribution in [0.25, 0.3) is 22.1 Å². The van der Waals surface area contributed by atoms with Gasteiger partial charge in [0.2, 0.25) is 5.71 Å². The lowest BCUT2D eigenvalue weighted by Gasteiger charge is -1.89. The third-order valence-corrected chi connectivity index (χ3v) is 2.28. The van der Waals surface area contributed by atoms with Crippen molar-refractivity contribution < 1.29 is 4.42 Å². The molecule has 3 aromatic rings. The van der Waals surface area contributed by atoms with Crippen molar-refractivity contribution >= 4 is 22.1 Å². The molecule has 0 aliphatic heterocycles. The molecule has 0 saturated heterocycles. The maximum Gasteiger partial charge on any atom is 0.227 e. The first-order chi connectivity index (χ1) is 6.84. The standard InChI is InChI=1S/C11H8N2O/c1-7-2-3-9-8-4-5-12-6-10(8)14-11(9)13-7/h2-6H,1H3. The van der Waals surface area contributed by atoms with Crippen LogP contribution in [0.3, 0.4) is 0 Å². The molecule has 3 nitrogen and oxygen atoms in total. The molecule has 0 N–H and O–H groups in total. The van der Waals surface area contributed by atoms with Crippen LogP contribution in [0, 0.1) is 6.92 Å². The van der Waals surface area contributed by atoms with Gasteiger partial charge in [0.05, 0.1) is 6.20 Å². The summed E-state index contributed by atoms with van der Waals surface area (Å²) in [7, 11) is 0. The molecule has 0 fully saturated rings. The van der Waals surface area contributed by atoms with Gasteiger partial charge in [-0.3, -0.25) is 4.98 Å². The zero-order chi connectivity index (χ0) is 9.54. The molecule has 3 heterocycles. The number of furan rings is 1. The molecule has 68 valence electrons. The van der Waals surface area contributed by atoms with Gasteiger partial charge in [-0.05, 0) is 25.1 Å². The maximum atomic E-state index is 5.56. The lowest BCUT2D eigenvalue weighted by molar-refractivity contribution is 0.651. The van der Waals surface area contributed by atoms with E-state index in [1.54, 1.807) is 12.4 Å². The van der Waals surface area contributed by atoms with Gasteiger partial charge < -0.3 is 4.42 Å². The monoisotopic (exact) mass is 184 g/mol. The molecule has 0 radical (unpaired) electrons. The van der Waals surface area contributed by atoms with Gasteiger partial charge in [0.25, 0.3) is 0 Å². The molecule has 0 aromatic carbocycles. The van der Waals surface area contributed by atoms with Crippen LogP contribution in [0.4, 0.5) is 0 Å². The Balaban J connectivity index is 2.57. The minimum atomic E-state index is 0.688. The Morgan fingerprint density at radius 1 is 1.14 bits per heavy atom. The Bertz CT molecular complexity index is 613. The highest BCUT2D eigenvalue weighted by Crippen LogP contribution is 2.26. The van der Waals surface area contributed by atoms with Crippen molar-refractivity contribution in [2.45, 2.75) is 6.92 Å². The van der Waals surface area contributed by atoms with E-state index >= 15 is 0 Å². The summed E-state index contributed by atoms with van der Waals surface area (Å²) in [5.74, 6) is 0. The SMILES string of the molecule is Cc1ccc2c(n1)oc1cnccc12. The topological polar surface area (TPSA) is 38.9 Å². The number of nitrogens with zero attached hydrogens (tertiary/aromatic N) is 2. The van der Waals surface area contributed by atoms with E-state index in [4.69, 9.17) is 4.42 Å². The third-order valence-electron chi connectivity index (χ3n) is 2.28. The summed E-state index contributed by atoms with van der Waals surface area (Å²) >= 11 is 0. The molecule has 0 aliphatic carbocycles. The zero-order valence-electron chi connectivity index (χ0n) is 7.69. The van der Waals surface area contributed by atoms with Gasteiger partial charge in [0, 0.05) is 22.7 Å². The molecule has 0 amide bonds. The predicted octanol–water partition coefficient (Wildman–Crippen LogP) is 2.68. The quantitative estimate of drug-likeness (QED) is 0.539. The minimum Gasteiger partial charge on any atom is -0.436 e. The first kappa shape index (κ1) is 7.50. The van der Waals surface area contributed by atoms with E-state index < -0.39 is 0 Å². The van der Waals surface area contributed by atoms with Crippen molar-refractivity contribution in [1.29, 1.82) is 0 Å². The van der Waals surface area contributed by atoms with Crippen LogP contribution in [0.15, 0.2) is 35.0 Å². The first-order valence-corrected chi connectivity index (χ1v) is 4.44. The Hall–Kier alpha value is -1.90. The van der Waals surface area contributed by atoms with Crippen LogP contribution in [0.2, 0.25) is 0 Å². The normalized spacial score (nSPS) is 11.2. The largest absolute Gasteiger partial charge is 0.436 e. The summed E-state index contributed by atoms with van der Waals surface area (Å²) < 4.78 is 5.56. The lowest BCUT2D eigenvalue weighted by Crippen LogP contribution is -1.77. The Morgan fingerprint density at radius 2 is 2.07 bits per heavy atom. The van der Waals surface area contributed by atoms with Crippen molar-refractivity contribution in [2.75, 3.05) is 0 Å². The van der Waals surface area contributed by atoms with Crippen molar-refractivity contribution in [1.82, 2.24) is 9.97 Å². The number of hydrogen-bond donors (Lipinski definition) is 0. The predicted molar refractivity (Wildman–Crippen MR) is 54.0 cm³/mol. The number of hydrogen-bond acceptors (Lipinski definition) is 3. The van der Waals surface area contributed by atoms with Gasteiger partial charge in [0.15, 0.2) is 5.58 Å². The molecule has 3 aromatic heterocycles. The summed E-state index contributed by atoms with van der Waals surface area (Å²) in [6.45, 7) is 1.95. The molecule has 0 bridgehead atoms. The van der Waals surface area contributed by atoms with Crippen LogP contribution in [-0.2, 0) is 0 Å². The van der Waals surface area contributed by atoms with Gasteiger partial charge >= 0.3 is 0 Å². The highest BCUT2D eigenvalue weighted by Gasteiger charge is 2.06. The number of aromatic nitrogens is 2. The number of rotatable bonds is 0. The van der Waals surface area contributed by atoms with E-state index in [0.29, 0.717) is 5.71 Å². The van der Waals surface area contributed by atoms with Crippen molar-refractivity contribution in [2.24, 2.45) is 0 Å². The second-order valence-corrected chi connectivity index (χ2v) is 3.28. The second kappa shape index (κ2) is 2.54. The summed E-state index contributed by atoms with van der Waals surface area (Å²) in [5.41, 5.74) is 2.44. The minimum absolute atomic E-state index is 0.688. The fourth-order valence-corrected chi connectivity index (χ4v) is 1.60. The second-order valence-electron chi connectivity index (χ2n) is 3.28. The lowest BCUT2D eigenvalue weighted by atomic mass is 10.2. The number of fused-ring (bicyclic) bond motifs is 3. The van der Waals surface area contributed by atoms with Gasteiger partial charge in [0.1, 0.15) is 0 Å². The Labute approximate surface area is 80.4 Å². The van der Waals surface area contributed by atoms with E-state index in [0.717, 1.165) is 22.0 Å². The van der Waals surface area contributed by atoms with Crippen LogP contribution in [0.5, 0.6) is 0 Å². The number of aryl methyl sites for hydroxylation is 1. The summed E-state index contributed by atoms with van der Waals surface area (Å²) in [6, 6.07) is 5.96. The highest BCUT2D eigenvalue weighted by molar-refractivity contribution is 6.02. The van der Waals surface area contributed by atoms with Gasteiger partial charge in [-0.2, -0.15) is 0 Å². The van der Waals surface area contributed by atoms with Crippen molar-refractivity contribution in [3.8, 4) is 0 Å². The molecular weight excluding hydrogens is 176 g/mol. The van der Waals surface area contributed by atoms with Crippen molar-refractivity contribution in [3.63, 3.8) is 0 Å². The maximum absolute atomic E-state index is 5.56. The average Bonchev–Trinajstić information content (AvgIpc) is 2.54. The van der Waals surface area contributed by atoms with Crippen LogP contribution in [0.1, 0.15) is 5.69 Å². The molecule has 3 heteroatoms. The number of pyridine rings is 2. The fraction of sp³-hybridized carbons (Fsp3) is 0.0909. The van der Waals surface area contributed by atoms with E-state index in [1.165, 1.54) is 0 Å².